The van der Waals surface area contributed by atoms with Gasteiger partial charge in [-0.15, -0.1) is 0 Å². The largest absolute Gasteiger partial charge is 0.389 e. The Morgan fingerprint density at radius 3 is 2.80 bits per heavy atom. The number of aryl methyl sites for hydroxylation is 1. The predicted molar refractivity (Wildman–Crippen MR) is 86.2 cm³/mol. The van der Waals surface area contributed by atoms with E-state index in [2.05, 4.69) is 40.3 Å². The standard InChI is InChI=1S/C16H24BrNO2/c1-12-7-8-16(15(17)9-12)18-10-13(19)11-20-14-5-3-2-4-6-14/h7-9,13-14,18-19H,2-6,10-11H2,1H3. The second kappa shape index (κ2) is 8.01. The van der Waals surface area contributed by atoms with E-state index in [0.717, 1.165) is 23.0 Å². The molecule has 3 nitrogen and oxygen atoms in total. The van der Waals surface area contributed by atoms with Gasteiger partial charge in [-0.05, 0) is 53.4 Å². The maximum absolute atomic E-state index is 9.98. The van der Waals surface area contributed by atoms with Gasteiger partial charge in [0.1, 0.15) is 0 Å². The molecule has 0 aliphatic heterocycles. The SMILES string of the molecule is Cc1ccc(NCC(O)COC2CCCCC2)c(Br)c1. The molecule has 1 fully saturated rings. The molecule has 0 aromatic heterocycles. The number of rotatable bonds is 6. The van der Waals surface area contributed by atoms with E-state index in [1.54, 1.807) is 0 Å². The van der Waals surface area contributed by atoms with Gasteiger partial charge in [0.05, 0.1) is 18.8 Å². The van der Waals surface area contributed by atoms with Crippen LogP contribution >= 0.6 is 15.9 Å². The maximum Gasteiger partial charge on any atom is 0.0945 e. The van der Waals surface area contributed by atoms with Crippen LogP contribution in [0.4, 0.5) is 5.69 Å². The van der Waals surface area contributed by atoms with Crippen LogP contribution in [0.5, 0.6) is 0 Å². The summed E-state index contributed by atoms with van der Waals surface area (Å²) in [4.78, 5) is 0. The second-order valence-corrected chi connectivity index (χ2v) is 6.47. The van der Waals surface area contributed by atoms with Crippen molar-refractivity contribution >= 4 is 21.6 Å². The molecular weight excluding hydrogens is 318 g/mol. The minimum Gasteiger partial charge on any atom is -0.389 e. The van der Waals surface area contributed by atoms with Gasteiger partial charge in [0.15, 0.2) is 0 Å². The lowest BCUT2D eigenvalue weighted by atomic mass is 9.98. The Morgan fingerprint density at radius 1 is 1.35 bits per heavy atom. The topological polar surface area (TPSA) is 41.5 Å². The molecule has 0 bridgehead atoms. The summed E-state index contributed by atoms with van der Waals surface area (Å²) in [5.41, 5.74) is 2.22. The predicted octanol–water partition coefficient (Wildman–Crippen LogP) is 3.88. The fraction of sp³-hybridized carbons (Fsp3) is 0.625. The highest BCUT2D eigenvalue weighted by Crippen LogP contribution is 2.23. The molecular formula is C16H24BrNO2. The number of hydrogen-bond donors (Lipinski definition) is 2. The number of aliphatic hydroxyl groups is 1. The molecule has 112 valence electrons. The summed E-state index contributed by atoms with van der Waals surface area (Å²) in [6.07, 6.45) is 6.01. The molecule has 0 radical (unpaired) electrons. The van der Waals surface area contributed by atoms with Crippen LogP contribution in [0.2, 0.25) is 0 Å². The average molecular weight is 342 g/mol. The fourth-order valence-corrected chi connectivity index (χ4v) is 3.16. The van der Waals surface area contributed by atoms with Crippen LogP contribution in [0.3, 0.4) is 0 Å². The number of halogens is 1. The first-order chi connectivity index (χ1) is 9.65. The van der Waals surface area contributed by atoms with E-state index >= 15 is 0 Å². The van der Waals surface area contributed by atoms with Gasteiger partial charge in [0.2, 0.25) is 0 Å². The number of anilines is 1. The summed E-state index contributed by atoms with van der Waals surface area (Å²) < 4.78 is 6.81. The summed E-state index contributed by atoms with van der Waals surface area (Å²) in [5, 5.41) is 13.2. The van der Waals surface area contributed by atoms with Crippen LogP contribution in [0, 0.1) is 6.92 Å². The van der Waals surface area contributed by atoms with E-state index in [9.17, 15) is 5.11 Å². The monoisotopic (exact) mass is 341 g/mol. The van der Waals surface area contributed by atoms with Crippen molar-refractivity contribution in [3.63, 3.8) is 0 Å². The summed E-state index contributed by atoms with van der Waals surface area (Å²) in [5.74, 6) is 0. The number of aliphatic hydroxyl groups excluding tert-OH is 1. The van der Waals surface area contributed by atoms with E-state index in [-0.39, 0.29) is 0 Å². The van der Waals surface area contributed by atoms with E-state index in [0.29, 0.717) is 19.3 Å². The molecule has 0 heterocycles. The van der Waals surface area contributed by atoms with Crippen molar-refractivity contribution in [1.82, 2.24) is 0 Å². The summed E-state index contributed by atoms with van der Waals surface area (Å²) in [6.45, 7) is 2.98. The number of ether oxygens (including phenoxy) is 1. The first-order valence-corrected chi connectivity index (χ1v) is 8.24. The number of benzene rings is 1. The smallest absolute Gasteiger partial charge is 0.0945 e. The van der Waals surface area contributed by atoms with Gasteiger partial charge in [-0.2, -0.15) is 0 Å². The summed E-state index contributed by atoms with van der Waals surface area (Å²) >= 11 is 3.52. The van der Waals surface area contributed by atoms with Crippen molar-refractivity contribution in [1.29, 1.82) is 0 Å². The fourth-order valence-electron chi connectivity index (χ4n) is 2.53. The molecule has 1 aliphatic carbocycles. The van der Waals surface area contributed by atoms with Gasteiger partial charge in [-0.3, -0.25) is 0 Å². The summed E-state index contributed by atoms with van der Waals surface area (Å²) in [7, 11) is 0. The lowest BCUT2D eigenvalue weighted by molar-refractivity contribution is -0.0195. The Kier molecular flexibility index (Phi) is 6.33. The van der Waals surface area contributed by atoms with Crippen LogP contribution in [-0.2, 0) is 4.74 Å². The third-order valence-electron chi connectivity index (χ3n) is 3.73. The van der Waals surface area contributed by atoms with Gasteiger partial charge in [0, 0.05) is 16.7 Å². The molecule has 0 amide bonds. The minimum atomic E-state index is -0.467. The van der Waals surface area contributed by atoms with Gasteiger partial charge < -0.3 is 15.2 Å². The van der Waals surface area contributed by atoms with Crippen LogP contribution < -0.4 is 5.32 Å². The minimum absolute atomic E-state index is 0.351. The van der Waals surface area contributed by atoms with E-state index < -0.39 is 6.10 Å². The van der Waals surface area contributed by atoms with E-state index in [4.69, 9.17) is 4.74 Å². The lowest BCUT2D eigenvalue weighted by Crippen LogP contribution is -2.28. The molecule has 2 N–H and O–H groups in total. The van der Waals surface area contributed by atoms with E-state index in [1.807, 2.05) is 6.07 Å². The van der Waals surface area contributed by atoms with Crippen LogP contribution in [0.15, 0.2) is 22.7 Å². The second-order valence-electron chi connectivity index (χ2n) is 5.61. The number of hydrogen-bond acceptors (Lipinski definition) is 3. The summed E-state index contributed by atoms with van der Waals surface area (Å²) in [6, 6.07) is 6.14. The first-order valence-electron chi connectivity index (χ1n) is 7.45. The normalized spacial score (nSPS) is 17.9. The molecule has 0 saturated heterocycles. The van der Waals surface area contributed by atoms with Crippen molar-refractivity contribution in [2.45, 2.75) is 51.2 Å². The first kappa shape index (κ1) is 15.8. The van der Waals surface area contributed by atoms with E-state index in [1.165, 1.54) is 24.8 Å². The molecule has 1 aliphatic rings. The molecule has 1 aromatic rings. The Labute approximate surface area is 129 Å². The zero-order valence-electron chi connectivity index (χ0n) is 12.1. The molecule has 20 heavy (non-hydrogen) atoms. The molecule has 1 saturated carbocycles. The molecule has 1 unspecified atom stereocenters. The van der Waals surface area contributed by atoms with Crippen molar-refractivity contribution in [3.05, 3.63) is 28.2 Å². The van der Waals surface area contributed by atoms with Gasteiger partial charge in [-0.25, -0.2) is 0 Å². The Balaban J connectivity index is 1.70. The van der Waals surface area contributed by atoms with Crippen molar-refractivity contribution in [2.24, 2.45) is 0 Å². The molecule has 0 spiro atoms. The number of nitrogens with one attached hydrogen (secondary N) is 1. The highest BCUT2D eigenvalue weighted by Gasteiger charge is 2.15. The van der Waals surface area contributed by atoms with Crippen molar-refractivity contribution in [2.75, 3.05) is 18.5 Å². The lowest BCUT2D eigenvalue weighted by Gasteiger charge is -2.23. The van der Waals surface area contributed by atoms with Gasteiger partial charge in [0.25, 0.3) is 0 Å². The van der Waals surface area contributed by atoms with Crippen LogP contribution in [-0.4, -0.2) is 30.5 Å². The van der Waals surface area contributed by atoms with Gasteiger partial charge >= 0.3 is 0 Å². The van der Waals surface area contributed by atoms with Crippen LogP contribution in [0.25, 0.3) is 0 Å². The Hall–Kier alpha value is -0.580. The molecule has 1 atom stereocenters. The molecule has 1 aromatic carbocycles. The molecule has 4 heteroatoms. The third kappa shape index (κ3) is 5.08. The van der Waals surface area contributed by atoms with Crippen molar-refractivity contribution < 1.29 is 9.84 Å². The highest BCUT2D eigenvalue weighted by atomic mass is 79.9. The molecule has 2 rings (SSSR count). The maximum atomic E-state index is 9.98. The Bertz CT molecular complexity index is 419. The quantitative estimate of drug-likeness (QED) is 0.824. The average Bonchev–Trinajstić information content (AvgIpc) is 2.45. The van der Waals surface area contributed by atoms with Crippen LogP contribution in [0.1, 0.15) is 37.7 Å². The zero-order valence-corrected chi connectivity index (χ0v) is 13.7. The Morgan fingerprint density at radius 2 is 2.10 bits per heavy atom. The van der Waals surface area contributed by atoms with Gasteiger partial charge in [-0.1, -0.05) is 25.3 Å². The highest BCUT2D eigenvalue weighted by molar-refractivity contribution is 9.10. The third-order valence-corrected chi connectivity index (χ3v) is 4.39. The van der Waals surface area contributed by atoms with Crippen molar-refractivity contribution in [3.8, 4) is 0 Å². The zero-order chi connectivity index (χ0) is 14.4.